The lowest BCUT2D eigenvalue weighted by molar-refractivity contribution is -0.113. The third-order valence-electron chi connectivity index (χ3n) is 1.40. The number of ketones is 1. The largest absolute Gasteiger partial charge is 0.295 e. The molecule has 0 saturated heterocycles. The number of carbonyl (C=O) groups is 1. The number of rotatable bonds is 1. The maximum absolute atomic E-state index is 10.9. The van der Waals surface area contributed by atoms with Crippen LogP contribution >= 0.6 is 0 Å². The van der Waals surface area contributed by atoms with Gasteiger partial charge >= 0.3 is 0 Å². The molecule has 0 aromatic carbocycles. The summed E-state index contributed by atoms with van der Waals surface area (Å²) in [5.41, 5.74) is 0.741. The van der Waals surface area contributed by atoms with Crippen LogP contribution in [0.1, 0.15) is 6.92 Å². The highest BCUT2D eigenvalue weighted by atomic mass is 16.1. The maximum Gasteiger partial charge on any atom is 0.159 e. The van der Waals surface area contributed by atoms with Crippen LogP contribution in [0.5, 0.6) is 0 Å². The van der Waals surface area contributed by atoms with E-state index in [0.29, 0.717) is 0 Å². The first-order valence-electron chi connectivity index (χ1n) is 3.53. The molecule has 1 heteroatoms. The molecule has 56 valence electrons. The molecular formula is C10H10O. The minimum atomic E-state index is 0.0983. The zero-order valence-electron chi connectivity index (χ0n) is 6.45. The number of Topliss-reactive ketones (excluding diaryl/α,β-unsaturated/α-hetero) is 1. The van der Waals surface area contributed by atoms with E-state index in [-0.39, 0.29) is 5.78 Å². The van der Waals surface area contributed by atoms with E-state index in [9.17, 15) is 4.79 Å². The smallest absolute Gasteiger partial charge is 0.159 e. The van der Waals surface area contributed by atoms with Crippen molar-refractivity contribution < 1.29 is 4.79 Å². The Morgan fingerprint density at radius 1 is 1.09 bits per heavy atom. The summed E-state index contributed by atoms with van der Waals surface area (Å²) in [6, 6.07) is 0. The third kappa shape index (κ3) is 2.38. The van der Waals surface area contributed by atoms with Crippen LogP contribution in [0.15, 0.2) is 48.1 Å². The first kappa shape index (κ1) is 7.73. The normalized spacial score (nSPS) is 29.0. The Kier molecular flexibility index (Phi) is 2.61. The van der Waals surface area contributed by atoms with Crippen molar-refractivity contribution in [3.63, 3.8) is 0 Å². The van der Waals surface area contributed by atoms with Crippen LogP contribution in [0, 0.1) is 0 Å². The summed E-state index contributed by atoms with van der Waals surface area (Å²) in [7, 11) is 0. The molecule has 0 radical (unpaired) electrons. The summed E-state index contributed by atoms with van der Waals surface area (Å²) in [6.45, 7) is 1.56. The van der Waals surface area contributed by atoms with Gasteiger partial charge in [0.15, 0.2) is 5.78 Å². The highest BCUT2D eigenvalue weighted by Gasteiger charge is 1.95. The molecule has 1 aliphatic carbocycles. The van der Waals surface area contributed by atoms with Gasteiger partial charge in [0.2, 0.25) is 0 Å². The molecule has 0 fully saturated rings. The standard InChI is InChI=1S/C10H10O/c1-9(11)10-7-5-3-2-4-6-8-10/h2-8H,1H3/b3-2-,4-2?,5-3?,6-4-,7-5-,8-6?,10-7?,10-8+. The molecule has 0 heterocycles. The molecule has 1 nitrogen and oxygen atoms in total. The number of hydrogen-bond donors (Lipinski definition) is 0. The van der Waals surface area contributed by atoms with Crippen molar-refractivity contribution in [2.24, 2.45) is 0 Å². The van der Waals surface area contributed by atoms with Crippen molar-refractivity contribution in [1.82, 2.24) is 0 Å². The molecule has 0 bridgehead atoms. The lowest BCUT2D eigenvalue weighted by atomic mass is 10.1. The Labute approximate surface area is 66.4 Å². The Hall–Kier alpha value is -1.37. The SMILES string of the molecule is CC(=O)C1=C/C=C\C=C/C=C\1. The van der Waals surface area contributed by atoms with Crippen molar-refractivity contribution >= 4 is 5.78 Å². The van der Waals surface area contributed by atoms with Gasteiger partial charge in [0.25, 0.3) is 0 Å². The van der Waals surface area contributed by atoms with E-state index in [1.807, 2.05) is 42.5 Å². The molecule has 0 atom stereocenters. The van der Waals surface area contributed by atoms with E-state index in [2.05, 4.69) is 0 Å². The zero-order chi connectivity index (χ0) is 8.10. The summed E-state index contributed by atoms with van der Waals surface area (Å²) < 4.78 is 0. The molecule has 1 aliphatic rings. The zero-order valence-corrected chi connectivity index (χ0v) is 6.45. The van der Waals surface area contributed by atoms with Crippen LogP contribution in [-0.4, -0.2) is 5.78 Å². The van der Waals surface area contributed by atoms with Crippen LogP contribution in [0.25, 0.3) is 0 Å². The fourth-order valence-corrected chi connectivity index (χ4v) is 0.801. The number of carbonyl (C=O) groups excluding carboxylic acids is 1. The number of allylic oxidation sites excluding steroid dienone is 8. The van der Waals surface area contributed by atoms with Crippen LogP contribution in [0.2, 0.25) is 0 Å². The lowest BCUT2D eigenvalue weighted by Gasteiger charge is -1.93. The third-order valence-corrected chi connectivity index (χ3v) is 1.40. The van der Waals surface area contributed by atoms with E-state index >= 15 is 0 Å². The monoisotopic (exact) mass is 146 g/mol. The fraction of sp³-hybridized carbons (Fsp3) is 0.100. The topological polar surface area (TPSA) is 17.1 Å². The van der Waals surface area contributed by atoms with Gasteiger partial charge in [-0.2, -0.15) is 0 Å². The van der Waals surface area contributed by atoms with Crippen molar-refractivity contribution in [2.45, 2.75) is 6.92 Å². The molecule has 0 spiro atoms. The second kappa shape index (κ2) is 3.71. The van der Waals surface area contributed by atoms with E-state index in [1.165, 1.54) is 0 Å². The molecule has 1 rings (SSSR count). The Bertz CT molecular complexity index is 265. The predicted molar refractivity (Wildman–Crippen MR) is 46.2 cm³/mol. The first-order chi connectivity index (χ1) is 5.30. The van der Waals surface area contributed by atoms with E-state index in [4.69, 9.17) is 0 Å². The summed E-state index contributed by atoms with van der Waals surface area (Å²) in [5, 5.41) is 0. The van der Waals surface area contributed by atoms with Gasteiger partial charge in [-0.25, -0.2) is 0 Å². The maximum atomic E-state index is 10.9. The minimum absolute atomic E-state index is 0.0983. The first-order valence-corrected chi connectivity index (χ1v) is 3.53. The van der Waals surface area contributed by atoms with E-state index in [1.54, 1.807) is 6.92 Å². The molecular weight excluding hydrogens is 136 g/mol. The summed E-state index contributed by atoms with van der Waals surface area (Å²) in [4.78, 5) is 10.9. The average molecular weight is 146 g/mol. The van der Waals surface area contributed by atoms with Crippen LogP contribution in [0.3, 0.4) is 0 Å². The highest BCUT2D eigenvalue weighted by Crippen LogP contribution is 2.01. The summed E-state index contributed by atoms with van der Waals surface area (Å²) in [5.74, 6) is 0.0983. The van der Waals surface area contributed by atoms with E-state index in [0.717, 1.165) is 5.57 Å². The highest BCUT2D eigenvalue weighted by molar-refractivity contribution is 5.96. The van der Waals surface area contributed by atoms with Gasteiger partial charge in [-0.1, -0.05) is 42.5 Å². The van der Waals surface area contributed by atoms with Gasteiger partial charge in [0, 0.05) is 5.57 Å². The second-order valence-electron chi connectivity index (χ2n) is 2.31. The predicted octanol–water partition coefficient (Wildman–Crippen LogP) is 2.18. The van der Waals surface area contributed by atoms with Gasteiger partial charge < -0.3 is 0 Å². The van der Waals surface area contributed by atoms with Crippen LogP contribution in [-0.2, 0) is 4.79 Å². The lowest BCUT2D eigenvalue weighted by Crippen LogP contribution is -1.92. The van der Waals surface area contributed by atoms with Crippen LogP contribution < -0.4 is 0 Å². The summed E-state index contributed by atoms with van der Waals surface area (Å²) >= 11 is 0. The summed E-state index contributed by atoms with van der Waals surface area (Å²) in [6.07, 6.45) is 13.0. The van der Waals surface area contributed by atoms with Crippen molar-refractivity contribution in [2.75, 3.05) is 0 Å². The Morgan fingerprint density at radius 2 is 1.73 bits per heavy atom. The fourth-order valence-electron chi connectivity index (χ4n) is 0.801. The molecule has 0 aromatic heterocycles. The molecule has 0 saturated carbocycles. The van der Waals surface area contributed by atoms with Gasteiger partial charge in [-0.15, -0.1) is 0 Å². The molecule has 0 amide bonds. The Balaban J connectivity index is 2.87. The van der Waals surface area contributed by atoms with Gasteiger partial charge in [-0.3, -0.25) is 4.79 Å². The van der Waals surface area contributed by atoms with Crippen molar-refractivity contribution in [3.05, 3.63) is 48.1 Å². The average Bonchev–Trinajstić information content (AvgIpc) is 1.84. The molecule has 0 unspecified atom stereocenters. The number of hydrogen-bond acceptors (Lipinski definition) is 1. The quantitative estimate of drug-likeness (QED) is 0.554. The second-order valence-corrected chi connectivity index (χ2v) is 2.31. The molecule has 0 aromatic rings. The van der Waals surface area contributed by atoms with Gasteiger partial charge in [-0.05, 0) is 6.92 Å². The van der Waals surface area contributed by atoms with Crippen LogP contribution in [0.4, 0.5) is 0 Å². The molecule has 11 heavy (non-hydrogen) atoms. The minimum Gasteiger partial charge on any atom is -0.295 e. The Morgan fingerprint density at radius 3 is 2.45 bits per heavy atom. The molecule has 0 aliphatic heterocycles. The van der Waals surface area contributed by atoms with Crippen molar-refractivity contribution in [1.29, 1.82) is 0 Å². The molecule has 0 N–H and O–H groups in total. The van der Waals surface area contributed by atoms with Crippen molar-refractivity contribution in [3.8, 4) is 0 Å². The van der Waals surface area contributed by atoms with Gasteiger partial charge in [0.05, 0.1) is 0 Å². The van der Waals surface area contributed by atoms with E-state index < -0.39 is 0 Å². The van der Waals surface area contributed by atoms with Gasteiger partial charge in [0.1, 0.15) is 0 Å².